The van der Waals surface area contributed by atoms with E-state index in [9.17, 15) is 4.79 Å². The van der Waals surface area contributed by atoms with Crippen LogP contribution in [0.3, 0.4) is 0 Å². The van der Waals surface area contributed by atoms with Crippen LogP contribution in [-0.4, -0.2) is 24.0 Å². The summed E-state index contributed by atoms with van der Waals surface area (Å²) in [5.74, 6) is 0.115. The summed E-state index contributed by atoms with van der Waals surface area (Å²) in [5.41, 5.74) is 1.64. The van der Waals surface area contributed by atoms with Crippen LogP contribution in [0.15, 0.2) is 36.5 Å². The van der Waals surface area contributed by atoms with Gasteiger partial charge in [0.1, 0.15) is 0 Å². The molecule has 3 nitrogen and oxygen atoms in total. The number of hydrogen-bond acceptors (Lipinski definition) is 3. The van der Waals surface area contributed by atoms with E-state index < -0.39 is 0 Å². The number of Topliss-reactive ketones (excluding diaryl/α,β-unsaturated/α-hetero) is 1. The first kappa shape index (κ1) is 11.7. The lowest BCUT2D eigenvalue weighted by Gasteiger charge is -2.03. The highest BCUT2D eigenvalue weighted by Crippen LogP contribution is 2.14. The summed E-state index contributed by atoms with van der Waals surface area (Å²) >= 11 is 0. The molecule has 0 saturated carbocycles. The minimum Gasteiger partial charge on any atom is -0.381 e. The van der Waals surface area contributed by atoms with Gasteiger partial charge >= 0.3 is 0 Å². The summed E-state index contributed by atoms with van der Waals surface area (Å²) in [7, 11) is 0. The lowest BCUT2D eigenvalue weighted by molar-refractivity contribution is 0.0896. The Balaban J connectivity index is 2.15. The second kappa shape index (κ2) is 5.55. The standard InChI is InChI=1S/C14H15NO2/c1-2-17-9-7-14(16)12-5-6-13-11(10-12)4-3-8-15-13/h3-6,8,10H,2,7,9H2,1H3. The van der Waals surface area contributed by atoms with Gasteiger partial charge in [-0.1, -0.05) is 6.07 Å². The van der Waals surface area contributed by atoms with Crippen molar-refractivity contribution in [3.8, 4) is 0 Å². The van der Waals surface area contributed by atoms with Crippen LogP contribution in [0.4, 0.5) is 0 Å². The number of aromatic nitrogens is 1. The average Bonchev–Trinajstić information content (AvgIpc) is 2.38. The highest BCUT2D eigenvalue weighted by Gasteiger charge is 2.06. The number of fused-ring (bicyclic) bond motifs is 1. The molecule has 1 aromatic carbocycles. The Morgan fingerprint density at radius 2 is 2.24 bits per heavy atom. The lowest BCUT2D eigenvalue weighted by atomic mass is 10.1. The Bertz CT molecular complexity index is 522. The van der Waals surface area contributed by atoms with E-state index >= 15 is 0 Å². The number of rotatable bonds is 5. The van der Waals surface area contributed by atoms with Crippen molar-refractivity contribution in [1.29, 1.82) is 0 Å². The molecule has 0 amide bonds. The van der Waals surface area contributed by atoms with Gasteiger partial charge in [0, 0.05) is 30.2 Å². The molecule has 1 aromatic heterocycles. The molecule has 0 bridgehead atoms. The quantitative estimate of drug-likeness (QED) is 0.584. The molecule has 0 aliphatic heterocycles. The van der Waals surface area contributed by atoms with E-state index in [0.717, 1.165) is 16.5 Å². The molecule has 0 fully saturated rings. The Morgan fingerprint density at radius 1 is 1.35 bits per heavy atom. The van der Waals surface area contributed by atoms with E-state index in [-0.39, 0.29) is 5.78 Å². The van der Waals surface area contributed by atoms with Crippen molar-refractivity contribution in [2.24, 2.45) is 0 Å². The van der Waals surface area contributed by atoms with Crippen LogP contribution in [0.1, 0.15) is 23.7 Å². The summed E-state index contributed by atoms with van der Waals surface area (Å²) < 4.78 is 5.18. The molecule has 0 aliphatic rings. The number of carbonyl (C=O) groups is 1. The van der Waals surface area contributed by atoms with Gasteiger partial charge in [-0.25, -0.2) is 0 Å². The fourth-order valence-corrected chi connectivity index (χ4v) is 1.70. The van der Waals surface area contributed by atoms with Gasteiger partial charge in [0.25, 0.3) is 0 Å². The van der Waals surface area contributed by atoms with Crippen molar-refractivity contribution in [2.75, 3.05) is 13.2 Å². The molecule has 2 rings (SSSR count). The fourth-order valence-electron chi connectivity index (χ4n) is 1.70. The first-order valence-electron chi connectivity index (χ1n) is 5.77. The van der Waals surface area contributed by atoms with Crippen LogP contribution in [0.25, 0.3) is 10.9 Å². The molecule has 0 radical (unpaired) electrons. The van der Waals surface area contributed by atoms with Crippen LogP contribution in [0.5, 0.6) is 0 Å². The maximum absolute atomic E-state index is 11.9. The van der Waals surface area contributed by atoms with Crippen molar-refractivity contribution in [2.45, 2.75) is 13.3 Å². The zero-order chi connectivity index (χ0) is 12.1. The Labute approximate surface area is 100 Å². The molecule has 17 heavy (non-hydrogen) atoms. The van der Waals surface area contributed by atoms with Gasteiger partial charge in [-0.3, -0.25) is 9.78 Å². The normalized spacial score (nSPS) is 10.6. The zero-order valence-corrected chi connectivity index (χ0v) is 9.85. The molecule has 0 saturated heterocycles. The van der Waals surface area contributed by atoms with Crippen LogP contribution >= 0.6 is 0 Å². The molecule has 0 N–H and O–H groups in total. The predicted octanol–water partition coefficient (Wildman–Crippen LogP) is 2.84. The Morgan fingerprint density at radius 3 is 3.06 bits per heavy atom. The van der Waals surface area contributed by atoms with Gasteiger partial charge in [0.15, 0.2) is 5.78 Å². The predicted molar refractivity (Wildman–Crippen MR) is 67.2 cm³/mol. The minimum atomic E-state index is 0.115. The number of carbonyl (C=O) groups excluding carboxylic acids is 1. The SMILES string of the molecule is CCOCCC(=O)c1ccc2ncccc2c1. The number of pyridine rings is 1. The molecule has 2 aromatic rings. The summed E-state index contributed by atoms with van der Waals surface area (Å²) in [6.07, 6.45) is 2.18. The Kier molecular flexibility index (Phi) is 3.83. The highest BCUT2D eigenvalue weighted by atomic mass is 16.5. The highest BCUT2D eigenvalue weighted by molar-refractivity contribution is 5.99. The topological polar surface area (TPSA) is 39.2 Å². The minimum absolute atomic E-state index is 0.115. The third kappa shape index (κ3) is 2.88. The van der Waals surface area contributed by atoms with Crippen LogP contribution in [0.2, 0.25) is 0 Å². The Hall–Kier alpha value is -1.74. The molecule has 0 spiro atoms. The summed E-state index contributed by atoms with van der Waals surface area (Å²) in [4.78, 5) is 16.1. The monoisotopic (exact) mass is 229 g/mol. The second-order valence-corrected chi connectivity index (χ2v) is 3.78. The smallest absolute Gasteiger partial charge is 0.165 e. The second-order valence-electron chi connectivity index (χ2n) is 3.78. The number of nitrogens with zero attached hydrogens (tertiary/aromatic N) is 1. The number of ether oxygens (including phenoxy) is 1. The molecule has 0 aliphatic carbocycles. The van der Waals surface area contributed by atoms with Gasteiger partial charge in [0.05, 0.1) is 12.1 Å². The maximum atomic E-state index is 11.9. The molecular weight excluding hydrogens is 214 g/mol. The van der Waals surface area contributed by atoms with Crippen molar-refractivity contribution >= 4 is 16.7 Å². The van der Waals surface area contributed by atoms with Crippen LogP contribution in [0, 0.1) is 0 Å². The first-order chi connectivity index (χ1) is 8.31. The molecule has 0 atom stereocenters. The first-order valence-corrected chi connectivity index (χ1v) is 5.77. The van der Waals surface area contributed by atoms with Crippen LogP contribution < -0.4 is 0 Å². The van der Waals surface area contributed by atoms with Gasteiger partial charge in [0.2, 0.25) is 0 Å². The van der Waals surface area contributed by atoms with E-state index in [4.69, 9.17) is 4.74 Å². The van der Waals surface area contributed by atoms with Gasteiger partial charge in [-0.2, -0.15) is 0 Å². The zero-order valence-electron chi connectivity index (χ0n) is 9.85. The van der Waals surface area contributed by atoms with Crippen molar-refractivity contribution < 1.29 is 9.53 Å². The fraction of sp³-hybridized carbons (Fsp3) is 0.286. The number of benzene rings is 1. The molecule has 3 heteroatoms. The van der Waals surface area contributed by atoms with E-state index in [1.807, 2.05) is 37.3 Å². The van der Waals surface area contributed by atoms with Gasteiger partial charge < -0.3 is 4.74 Å². The molecule has 0 unspecified atom stereocenters. The summed E-state index contributed by atoms with van der Waals surface area (Å²) in [5, 5.41) is 0.995. The van der Waals surface area contributed by atoms with E-state index in [1.165, 1.54) is 0 Å². The molecule has 88 valence electrons. The summed E-state index contributed by atoms with van der Waals surface area (Å²) in [6, 6.07) is 9.42. The van der Waals surface area contributed by atoms with Crippen molar-refractivity contribution in [3.63, 3.8) is 0 Å². The average molecular weight is 229 g/mol. The van der Waals surface area contributed by atoms with E-state index in [1.54, 1.807) is 6.20 Å². The van der Waals surface area contributed by atoms with Crippen molar-refractivity contribution in [3.05, 3.63) is 42.1 Å². The van der Waals surface area contributed by atoms with E-state index in [0.29, 0.717) is 19.6 Å². The molecular formula is C14H15NO2. The van der Waals surface area contributed by atoms with Gasteiger partial charge in [-0.05, 0) is 31.2 Å². The lowest BCUT2D eigenvalue weighted by Crippen LogP contribution is -2.04. The van der Waals surface area contributed by atoms with Crippen molar-refractivity contribution in [1.82, 2.24) is 4.98 Å². The van der Waals surface area contributed by atoms with Crippen LogP contribution in [-0.2, 0) is 4.74 Å². The third-order valence-electron chi connectivity index (χ3n) is 2.60. The number of ketones is 1. The van der Waals surface area contributed by atoms with Gasteiger partial charge in [-0.15, -0.1) is 0 Å². The van der Waals surface area contributed by atoms with E-state index in [2.05, 4.69) is 4.98 Å². The molecule has 1 heterocycles. The maximum Gasteiger partial charge on any atom is 0.165 e. The third-order valence-corrected chi connectivity index (χ3v) is 2.60. The summed E-state index contributed by atoms with van der Waals surface area (Å²) in [6.45, 7) is 3.06. The number of hydrogen-bond donors (Lipinski definition) is 0. The largest absolute Gasteiger partial charge is 0.381 e.